The third kappa shape index (κ3) is 4.43. The first kappa shape index (κ1) is 23.9. The average Bonchev–Trinajstić information content (AvgIpc) is 3.29. The van der Waals surface area contributed by atoms with Crippen LogP contribution in [-0.4, -0.2) is 18.9 Å². The van der Waals surface area contributed by atoms with Gasteiger partial charge >= 0.3 is 5.97 Å². The second-order valence-corrected chi connectivity index (χ2v) is 9.22. The second kappa shape index (κ2) is 10.1. The number of aryl methyl sites for hydroxylation is 1. The van der Waals surface area contributed by atoms with Gasteiger partial charge in [-0.25, -0.2) is 9.80 Å². The lowest BCUT2D eigenvalue weighted by Crippen LogP contribution is -2.36. The van der Waals surface area contributed by atoms with Crippen LogP contribution in [0.3, 0.4) is 0 Å². The van der Waals surface area contributed by atoms with Gasteiger partial charge in [0.1, 0.15) is 0 Å². The lowest BCUT2D eigenvalue weighted by atomic mass is 10.1. The molecule has 0 fully saturated rings. The van der Waals surface area contributed by atoms with E-state index >= 15 is 0 Å². The van der Waals surface area contributed by atoms with Gasteiger partial charge in [0.25, 0.3) is 0 Å². The van der Waals surface area contributed by atoms with Crippen LogP contribution in [0, 0.1) is 6.92 Å². The Bertz CT molecular complexity index is 1400. The van der Waals surface area contributed by atoms with E-state index in [0.717, 1.165) is 22.4 Å². The van der Waals surface area contributed by atoms with Gasteiger partial charge in [-0.05, 0) is 54.4 Å². The number of esters is 1. The number of carbonyl (C=O) groups excluding carboxylic acids is 1. The van der Waals surface area contributed by atoms with Gasteiger partial charge in [0.05, 0.1) is 28.4 Å². The molecule has 4 aromatic rings. The Balaban J connectivity index is 1.73. The summed E-state index contributed by atoms with van der Waals surface area (Å²) in [5, 5.41) is 7.98. The van der Waals surface area contributed by atoms with Gasteiger partial charge in [-0.2, -0.15) is 5.10 Å². The number of nitrogens with zero attached hydrogens (tertiary/aromatic N) is 3. The van der Waals surface area contributed by atoms with Gasteiger partial charge < -0.3 is 4.74 Å². The highest BCUT2D eigenvalue weighted by Crippen LogP contribution is 2.45. The van der Waals surface area contributed by atoms with E-state index in [4.69, 9.17) is 33.0 Å². The molecule has 0 N–H and O–H groups in total. The molecule has 1 heterocycles. The number of ether oxygens (including phenoxy) is 1. The van der Waals surface area contributed by atoms with Crippen molar-refractivity contribution in [3.05, 3.63) is 129 Å². The van der Waals surface area contributed by atoms with Gasteiger partial charge in [0.15, 0.2) is 12.0 Å². The number of para-hydroxylation sites is 1. The SMILES string of the molecule is COC(=O)c1ccc(C2=NN(c3c(Cl)cc(C)cc3Cl)C(c3ccccc3)N2c2ccccc2)cc1. The van der Waals surface area contributed by atoms with Crippen molar-refractivity contribution in [1.29, 1.82) is 0 Å². The maximum Gasteiger partial charge on any atom is 0.337 e. The van der Waals surface area contributed by atoms with Crippen molar-refractivity contribution in [2.24, 2.45) is 5.10 Å². The van der Waals surface area contributed by atoms with Crippen molar-refractivity contribution in [3.8, 4) is 0 Å². The molecular weight excluding hydrogens is 493 g/mol. The Morgan fingerprint density at radius 3 is 2.03 bits per heavy atom. The lowest BCUT2D eigenvalue weighted by Gasteiger charge is -2.33. The Labute approximate surface area is 220 Å². The first-order chi connectivity index (χ1) is 17.5. The van der Waals surface area contributed by atoms with E-state index < -0.39 is 5.97 Å². The van der Waals surface area contributed by atoms with Gasteiger partial charge in [0, 0.05) is 11.3 Å². The number of rotatable bonds is 5. The van der Waals surface area contributed by atoms with E-state index in [1.807, 2.05) is 84.7 Å². The molecule has 0 bridgehead atoms. The molecule has 1 aliphatic rings. The molecule has 5 rings (SSSR count). The first-order valence-corrected chi connectivity index (χ1v) is 12.1. The minimum atomic E-state index is -0.392. The van der Waals surface area contributed by atoms with Crippen molar-refractivity contribution in [2.75, 3.05) is 17.0 Å². The molecule has 0 amide bonds. The first-order valence-electron chi connectivity index (χ1n) is 11.4. The molecule has 5 nitrogen and oxygen atoms in total. The second-order valence-electron chi connectivity index (χ2n) is 8.40. The van der Waals surface area contributed by atoms with E-state index in [-0.39, 0.29) is 6.17 Å². The summed E-state index contributed by atoms with van der Waals surface area (Å²) in [5.74, 6) is 0.302. The van der Waals surface area contributed by atoms with Gasteiger partial charge in [-0.3, -0.25) is 4.90 Å². The number of amidine groups is 1. The minimum absolute atomic E-state index is 0.360. The number of carbonyl (C=O) groups is 1. The van der Waals surface area contributed by atoms with Crippen molar-refractivity contribution in [1.82, 2.24) is 0 Å². The maximum atomic E-state index is 12.0. The summed E-state index contributed by atoms with van der Waals surface area (Å²) in [6, 6.07) is 31.1. The molecular formula is C29H23Cl2N3O2. The summed E-state index contributed by atoms with van der Waals surface area (Å²) in [6.45, 7) is 1.95. The molecule has 0 radical (unpaired) electrons. The van der Waals surface area contributed by atoms with E-state index in [9.17, 15) is 4.79 Å². The summed E-state index contributed by atoms with van der Waals surface area (Å²) >= 11 is 13.5. The zero-order valence-corrected chi connectivity index (χ0v) is 21.2. The molecule has 0 spiro atoms. The van der Waals surface area contributed by atoms with Crippen LogP contribution in [-0.2, 0) is 4.74 Å². The molecule has 1 aliphatic heterocycles. The predicted octanol–water partition coefficient (Wildman–Crippen LogP) is 7.48. The Kier molecular flexibility index (Phi) is 6.68. The molecule has 1 atom stereocenters. The third-order valence-electron chi connectivity index (χ3n) is 5.99. The molecule has 0 aliphatic carbocycles. The number of methoxy groups -OCH3 is 1. The monoisotopic (exact) mass is 515 g/mol. The summed E-state index contributed by atoms with van der Waals surface area (Å²) < 4.78 is 4.86. The van der Waals surface area contributed by atoms with Crippen LogP contribution in [0.1, 0.15) is 33.2 Å². The standard InChI is InChI=1S/C29H23Cl2N3O2/c1-19-17-24(30)26(25(31)18-19)34-28(21-9-5-3-6-10-21)33(23-11-7-4-8-12-23)27(32-34)20-13-15-22(16-14-20)29(35)36-2/h3-18,28H,1-2H3. The number of hydrazone groups is 1. The summed E-state index contributed by atoms with van der Waals surface area (Å²) in [6.07, 6.45) is -0.360. The van der Waals surface area contributed by atoms with Crippen LogP contribution >= 0.6 is 23.2 Å². The maximum absolute atomic E-state index is 12.0. The molecule has 0 aromatic heterocycles. The summed E-state index contributed by atoms with van der Waals surface area (Å²) in [7, 11) is 1.37. The Morgan fingerprint density at radius 2 is 1.44 bits per heavy atom. The quantitative estimate of drug-likeness (QED) is 0.258. The fraction of sp³-hybridized carbons (Fsp3) is 0.103. The zero-order valence-electron chi connectivity index (χ0n) is 19.7. The fourth-order valence-electron chi connectivity index (χ4n) is 4.35. The predicted molar refractivity (Wildman–Crippen MR) is 146 cm³/mol. The lowest BCUT2D eigenvalue weighted by molar-refractivity contribution is 0.0600. The van der Waals surface area contributed by atoms with Crippen LogP contribution in [0.2, 0.25) is 10.0 Å². The number of anilines is 2. The molecule has 0 saturated carbocycles. The summed E-state index contributed by atoms with van der Waals surface area (Å²) in [4.78, 5) is 14.2. The largest absolute Gasteiger partial charge is 0.465 e. The Hall–Kier alpha value is -3.80. The molecule has 7 heteroatoms. The number of halogens is 2. The third-order valence-corrected chi connectivity index (χ3v) is 6.57. The van der Waals surface area contributed by atoms with E-state index in [1.165, 1.54) is 7.11 Å². The molecule has 36 heavy (non-hydrogen) atoms. The van der Waals surface area contributed by atoms with Crippen LogP contribution in [0.4, 0.5) is 11.4 Å². The van der Waals surface area contributed by atoms with Gasteiger partial charge in [0.2, 0.25) is 0 Å². The van der Waals surface area contributed by atoms with E-state index in [0.29, 0.717) is 27.1 Å². The van der Waals surface area contributed by atoms with E-state index in [1.54, 1.807) is 12.1 Å². The molecule has 1 unspecified atom stereocenters. The van der Waals surface area contributed by atoms with Crippen molar-refractivity contribution in [2.45, 2.75) is 13.1 Å². The fourth-order valence-corrected chi connectivity index (χ4v) is 5.12. The van der Waals surface area contributed by atoms with E-state index in [2.05, 4.69) is 17.0 Å². The smallest absolute Gasteiger partial charge is 0.337 e. The highest BCUT2D eigenvalue weighted by atomic mass is 35.5. The summed E-state index contributed by atoms with van der Waals surface area (Å²) in [5.41, 5.74) is 4.84. The van der Waals surface area contributed by atoms with Crippen LogP contribution < -0.4 is 9.91 Å². The minimum Gasteiger partial charge on any atom is -0.465 e. The highest BCUT2D eigenvalue weighted by Gasteiger charge is 2.39. The van der Waals surface area contributed by atoms with Gasteiger partial charge in [-0.15, -0.1) is 0 Å². The average molecular weight is 516 g/mol. The number of hydrogen-bond acceptors (Lipinski definition) is 5. The topological polar surface area (TPSA) is 45.1 Å². The van der Waals surface area contributed by atoms with Crippen LogP contribution in [0.15, 0.2) is 102 Å². The number of benzene rings is 4. The van der Waals surface area contributed by atoms with Crippen molar-refractivity contribution < 1.29 is 9.53 Å². The molecule has 0 saturated heterocycles. The highest BCUT2D eigenvalue weighted by molar-refractivity contribution is 6.39. The van der Waals surface area contributed by atoms with Crippen molar-refractivity contribution >= 4 is 46.4 Å². The number of hydrogen-bond donors (Lipinski definition) is 0. The molecule has 180 valence electrons. The zero-order chi connectivity index (χ0) is 25.2. The van der Waals surface area contributed by atoms with Crippen LogP contribution in [0.5, 0.6) is 0 Å². The van der Waals surface area contributed by atoms with Crippen LogP contribution in [0.25, 0.3) is 0 Å². The Morgan fingerprint density at radius 1 is 0.861 bits per heavy atom. The van der Waals surface area contributed by atoms with Crippen molar-refractivity contribution in [3.63, 3.8) is 0 Å². The molecule has 4 aromatic carbocycles. The van der Waals surface area contributed by atoms with Gasteiger partial charge in [-0.1, -0.05) is 83.9 Å². The normalized spacial score (nSPS) is 15.1.